The highest BCUT2D eigenvalue weighted by atomic mass is 32.2. The molecule has 1 aromatic carbocycles. The Kier molecular flexibility index (Phi) is 6.35. The van der Waals surface area contributed by atoms with Crippen LogP contribution >= 0.6 is 0 Å². The predicted molar refractivity (Wildman–Crippen MR) is 101 cm³/mol. The average Bonchev–Trinajstić information content (AvgIpc) is 3.06. The van der Waals surface area contributed by atoms with Crippen LogP contribution in [-0.4, -0.2) is 81.5 Å². The molecule has 0 N–H and O–H groups in total. The van der Waals surface area contributed by atoms with E-state index in [9.17, 15) is 34.8 Å². The van der Waals surface area contributed by atoms with Gasteiger partial charge in [0.1, 0.15) is 5.75 Å². The number of sulfone groups is 1. The summed E-state index contributed by atoms with van der Waals surface area (Å²) < 4.78 is 92.9. The van der Waals surface area contributed by atoms with Crippen LogP contribution in [0.3, 0.4) is 0 Å². The summed E-state index contributed by atoms with van der Waals surface area (Å²) in [5.74, 6) is -1.11. The summed E-state index contributed by atoms with van der Waals surface area (Å²) in [5.41, 5.74) is -0.889. The number of sulfonamides is 1. The number of carbonyl (C=O) groups is 1. The molecule has 0 radical (unpaired) electrons. The average molecular weight is 470 g/mol. The van der Waals surface area contributed by atoms with Crippen LogP contribution in [0.25, 0.3) is 0 Å². The first kappa shape index (κ1) is 22.8. The van der Waals surface area contributed by atoms with Gasteiger partial charge in [-0.3, -0.25) is 4.79 Å². The summed E-state index contributed by atoms with van der Waals surface area (Å²) in [7, 11) is -7.12. The smallest absolute Gasteiger partial charge is 0.416 e. The molecule has 168 valence electrons. The van der Waals surface area contributed by atoms with Gasteiger partial charge in [-0.2, -0.15) is 17.5 Å². The summed E-state index contributed by atoms with van der Waals surface area (Å²) in [6, 6.07) is 4.18. The van der Waals surface area contributed by atoms with Crippen LogP contribution in [0.2, 0.25) is 0 Å². The monoisotopic (exact) mass is 470 g/mol. The summed E-state index contributed by atoms with van der Waals surface area (Å²) >= 11 is 0. The van der Waals surface area contributed by atoms with Gasteiger partial charge in [0.15, 0.2) is 16.4 Å². The second-order valence-electron chi connectivity index (χ2n) is 7.16. The molecular formula is C17H21F3N2O6S2. The topological polar surface area (TPSA) is 101 Å². The molecule has 1 aromatic rings. The number of halogens is 3. The number of hydrogen-bond donors (Lipinski definition) is 0. The summed E-state index contributed by atoms with van der Waals surface area (Å²) in [6.45, 7) is -0.260. The molecule has 0 spiro atoms. The van der Waals surface area contributed by atoms with Crippen LogP contribution in [0.5, 0.6) is 5.75 Å². The zero-order valence-corrected chi connectivity index (χ0v) is 17.5. The Hall–Kier alpha value is -1.86. The number of piperazine rings is 1. The fourth-order valence-corrected chi connectivity index (χ4v) is 7.91. The van der Waals surface area contributed by atoms with Gasteiger partial charge in [-0.15, -0.1) is 0 Å². The molecule has 0 bridgehead atoms. The SMILES string of the molecule is O=C(COc1cccc(C(F)(F)F)c1)N1CCN(S(=O)(=O)C2CCS(=O)(=O)C2)CC1. The van der Waals surface area contributed by atoms with Gasteiger partial charge in [-0.05, 0) is 24.6 Å². The molecule has 2 heterocycles. The number of benzene rings is 1. The fourth-order valence-electron chi connectivity index (χ4n) is 3.40. The Morgan fingerprint density at radius 1 is 1.17 bits per heavy atom. The Bertz CT molecular complexity index is 1000. The fraction of sp³-hybridized carbons (Fsp3) is 0.588. The van der Waals surface area contributed by atoms with Crippen molar-refractivity contribution in [3.05, 3.63) is 29.8 Å². The van der Waals surface area contributed by atoms with Crippen LogP contribution in [0.1, 0.15) is 12.0 Å². The lowest BCUT2D eigenvalue weighted by Crippen LogP contribution is -2.53. The standard InChI is InChI=1S/C17H21F3N2O6S2/c18-17(19,20)13-2-1-3-14(10-13)28-11-16(23)21-5-7-22(8-6-21)30(26,27)15-4-9-29(24,25)12-15/h1-3,10,15H,4-9,11-12H2. The van der Waals surface area contributed by atoms with Crippen LogP contribution < -0.4 is 4.74 Å². The molecule has 0 aliphatic carbocycles. The molecule has 3 rings (SSSR count). The summed E-state index contributed by atoms with van der Waals surface area (Å²) in [5, 5.41) is -0.964. The van der Waals surface area contributed by atoms with E-state index in [2.05, 4.69) is 0 Å². The number of carbonyl (C=O) groups excluding carboxylic acids is 1. The van der Waals surface area contributed by atoms with Gasteiger partial charge in [-0.25, -0.2) is 16.8 Å². The third-order valence-electron chi connectivity index (χ3n) is 5.09. The lowest BCUT2D eigenvalue weighted by molar-refractivity contribution is -0.137. The van der Waals surface area contributed by atoms with Crippen molar-refractivity contribution >= 4 is 25.8 Å². The Morgan fingerprint density at radius 2 is 1.83 bits per heavy atom. The van der Waals surface area contributed by atoms with Gasteiger partial charge in [0.2, 0.25) is 10.0 Å². The van der Waals surface area contributed by atoms with E-state index in [0.29, 0.717) is 0 Å². The van der Waals surface area contributed by atoms with Gasteiger partial charge >= 0.3 is 6.18 Å². The molecule has 13 heteroatoms. The third kappa shape index (κ3) is 5.24. The van der Waals surface area contributed by atoms with Gasteiger partial charge in [0.25, 0.3) is 5.91 Å². The molecule has 1 atom stereocenters. The Morgan fingerprint density at radius 3 is 2.40 bits per heavy atom. The first-order chi connectivity index (χ1) is 13.9. The zero-order valence-electron chi connectivity index (χ0n) is 15.8. The van der Waals surface area contributed by atoms with Crippen molar-refractivity contribution in [3.63, 3.8) is 0 Å². The first-order valence-corrected chi connectivity index (χ1v) is 12.5. The molecule has 8 nitrogen and oxygen atoms in total. The third-order valence-corrected chi connectivity index (χ3v) is 9.40. The number of alkyl halides is 3. The number of hydrogen-bond acceptors (Lipinski definition) is 6. The molecule has 0 saturated carbocycles. The zero-order chi connectivity index (χ0) is 22.2. The largest absolute Gasteiger partial charge is 0.484 e. The lowest BCUT2D eigenvalue weighted by atomic mass is 10.2. The highest BCUT2D eigenvalue weighted by Gasteiger charge is 2.41. The van der Waals surface area contributed by atoms with Crippen LogP contribution in [0, 0.1) is 0 Å². The van der Waals surface area contributed by atoms with Crippen molar-refractivity contribution < 1.29 is 39.5 Å². The number of amides is 1. The quantitative estimate of drug-likeness (QED) is 0.630. The maximum atomic E-state index is 12.7. The van der Waals surface area contributed by atoms with Gasteiger partial charge in [0, 0.05) is 26.2 Å². The molecule has 2 aliphatic heterocycles. The Labute approximate surface area is 172 Å². The molecule has 1 amide bonds. The molecular weight excluding hydrogens is 449 g/mol. The highest BCUT2D eigenvalue weighted by Crippen LogP contribution is 2.31. The van der Waals surface area contributed by atoms with E-state index in [0.717, 1.165) is 12.1 Å². The van der Waals surface area contributed by atoms with E-state index in [4.69, 9.17) is 4.74 Å². The van der Waals surface area contributed by atoms with E-state index in [-0.39, 0.29) is 49.9 Å². The molecule has 2 saturated heterocycles. The summed E-state index contributed by atoms with van der Waals surface area (Å²) in [6.07, 6.45) is -4.46. The second kappa shape index (κ2) is 8.35. The van der Waals surface area contributed by atoms with Gasteiger partial charge < -0.3 is 9.64 Å². The molecule has 2 aliphatic rings. The van der Waals surface area contributed by atoms with Crippen molar-refractivity contribution in [2.24, 2.45) is 0 Å². The van der Waals surface area contributed by atoms with E-state index in [1.165, 1.54) is 21.3 Å². The van der Waals surface area contributed by atoms with Crippen molar-refractivity contribution in [3.8, 4) is 5.75 Å². The minimum Gasteiger partial charge on any atom is -0.484 e. The van der Waals surface area contributed by atoms with Crippen molar-refractivity contribution in [2.75, 3.05) is 44.3 Å². The Balaban J connectivity index is 1.52. The molecule has 30 heavy (non-hydrogen) atoms. The lowest BCUT2D eigenvalue weighted by Gasteiger charge is -2.35. The van der Waals surface area contributed by atoms with Gasteiger partial charge in [-0.1, -0.05) is 6.07 Å². The number of rotatable bonds is 5. The molecule has 0 aromatic heterocycles. The minimum absolute atomic E-state index is 0.0220. The van der Waals surface area contributed by atoms with Crippen molar-refractivity contribution in [2.45, 2.75) is 17.8 Å². The summed E-state index contributed by atoms with van der Waals surface area (Å²) in [4.78, 5) is 13.6. The maximum absolute atomic E-state index is 12.7. The number of nitrogens with zero attached hydrogens (tertiary/aromatic N) is 2. The normalized spacial score (nSPS) is 22.8. The second-order valence-corrected chi connectivity index (χ2v) is 11.6. The maximum Gasteiger partial charge on any atom is 0.416 e. The predicted octanol–water partition coefficient (Wildman–Crippen LogP) is 0.745. The van der Waals surface area contributed by atoms with E-state index >= 15 is 0 Å². The van der Waals surface area contributed by atoms with E-state index in [1.54, 1.807) is 0 Å². The molecule has 1 unspecified atom stereocenters. The van der Waals surface area contributed by atoms with Crippen molar-refractivity contribution in [1.82, 2.24) is 9.21 Å². The van der Waals surface area contributed by atoms with Crippen LogP contribution in [0.4, 0.5) is 13.2 Å². The molecule has 2 fully saturated rings. The van der Waals surface area contributed by atoms with Crippen molar-refractivity contribution in [1.29, 1.82) is 0 Å². The minimum atomic E-state index is -4.52. The highest BCUT2D eigenvalue weighted by molar-refractivity contribution is 7.95. The van der Waals surface area contributed by atoms with Crippen LogP contribution in [0.15, 0.2) is 24.3 Å². The van der Waals surface area contributed by atoms with E-state index < -0.39 is 49.4 Å². The number of ether oxygens (including phenoxy) is 1. The van der Waals surface area contributed by atoms with Gasteiger partial charge in [0.05, 0.1) is 22.3 Å². The first-order valence-electron chi connectivity index (χ1n) is 9.16. The van der Waals surface area contributed by atoms with E-state index in [1.807, 2.05) is 0 Å². The van der Waals surface area contributed by atoms with Crippen LogP contribution in [-0.2, 0) is 30.8 Å².